The highest BCUT2D eigenvalue weighted by Gasteiger charge is 2.24. The molecule has 6 heteroatoms. The van der Waals surface area contributed by atoms with E-state index in [4.69, 9.17) is 4.52 Å². The fourth-order valence-electron chi connectivity index (χ4n) is 3.27. The molecule has 0 spiro atoms. The van der Waals surface area contributed by atoms with E-state index in [0.717, 1.165) is 17.9 Å². The van der Waals surface area contributed by atoms with Crippen molar-refractivity contribution < 1.29 is 8.91 Å². The van der Waals surface area contributed by atoms with Gasteiger partial charge < -0.3 is 15.2 Å². The summed E-state index contributed by atoms with van der Waals surface area (Å²) in [4.78, 5) is 0. The molecule has 0 bridgehead atoms. The van der Waals surface area contributed by atoms with Gasteiger partial charge in [-0.2, -0.15) is 5.26 Å². The topological polar surface area (TPSA) is 73.9 Å². The van der Waals surface area contributed by atoms with Crippen LogP contribution in [0.4, 0.5) is 21.6 Å². The van der Waals surface area contributed by atoms with Gasteiger partial charge in [0, 0.05) is 17.7 Å². The molecule has 0 amide bonds. The zero-order valence-corrected chi connectivity index (χ0v) is 15.6. The van der Waals surface area contributed by atoms with Gasteiger partial charge in [-0.05, 0) is 31.4 Å². The van der Waals surface area contributed by atoms with Crippen LogP contribution < -0.4 is 10.6 Å². The van der Waals surface area contributed by atoms with Crippen molar-refractivity contribution in [2.75, 3.05) is 10.6 Å². The van der Waals surface area contributed by atoms with Crippen molar-refractivity contribution in [2.45, 2.75) is 32.2 Å². The molecule has 28 heavy (non-hydrogen) atoms. The van der Waals surface area contributed by atoms with Crippen molar-refractivity contribution >= 4 is 17.3 Å². The van der Waals surface area contributed by atoms with E-state index in [0.29, 0.717) is 23.0 Å². The van der Waals surface area contributed by atoms with Crippen LogP contribution >= 0.6 is 0 Å². The SMILES string of the molecule is C[C@H](CC1CC1)Nc1cc(Nc2cc(-c3ccccc3)no2)c(C#N)cc1F. The number of aromatic nitrogens is 1. The van der Waals surface area contributed by atoms with Crippen molar-refractivity contribution in [2.24, 2.45) is 5.92 Å². The van der Waals surface area contributed by atoms with Gasteiger partial charge in [-0.25, -0.2) is 4.39 Å². The summed E-state index contributed by atoms with van der Waals surface area (Å²) in [6, 6.07) is 16.4. The van der Waals surface area contributed by atoms with Crippen LogP contribution in [0.3, 0.4) is 0 Å². The summed E-state index contributed by atoms with van der Waals surface area (Å²) >= 11 is 0. The highest BCUT2D eigenvalue weighted by atomic mass is 19.1. The fourth-order valence-corrected chi connectivity index (χ4v) is 3.27. The summed E-state index contributed by atoms with van der Waals surface area (Å²) in [5, 5.41) is 19.7. The second-order valence-electron chi connectivity index (χ2n) is 7.28. The number of nitrogens with zero attached hydrogens (tertiary/aromatic N) is 2. The number of hydrogen-bond acceptors (Lipinski definition) is 5. The van der Waals surface area contributed by atoms with Gasteiger partial charge in [0.1, 0.15) is 17.6 Å². The molecule has 1 heterocycles. The maximum atomic E-state index is 14.4. The van der Waals surface area contributed by atoms with Crippen LogP contribution in [0, 0.1) is 23.1 Å². The molecule has 1 aromatic heterocycles. The Morgan fingerprint density at radius 1 is 1.21 bits per heavy atom. The van der Waals surface area contributed by atoms with Crippen LogP contribution in [0.1, 0.15) is 31.7 Å². The lowest BCUT2D eigenvalue weighted by Crippen LogP contribution is -2.17. The molecule has 1 aliphatic rings. The smallest absolute Gasteiger partial charge is 0.229 e. The molecule has 0 radical (unpaired) electrons. The zero-order chi connectivity index (χ0) is 19.5. The van der Waals surface area contributed by atoms with Crippen molar-refractivity contribution in [3.63, 3.8) is 0 Å². The Balaban J connectivity index is 1.55. The predicted octanol–water partition coefficient (Wildman–Crippen LogP) is 5.70. The molecule has 0 aliphatic heterocycles. The second-order valence-corrected chi connectivity index (χ2v) is 7.28. The van der Waals surface area contributed by atoms with Gasteiger partial charge in [0.25, 0.3) is 0 Å². The lowest BCUT2D eigenvalue weighted by Gasteiger charge is -2.17. The fraction of sp³-hybridized carbons (Fsp3) is 0.273. The molecule has 0 saturated heterocycles. The third-order valence-electron chi connectivity index (χ3n) is 4.85. The Bertz CT molecular complexity index is 1010. The van der Waals surface area contributed by atoms with E-state index in [1.165, 1.54) is 18.9 Å². The Labute approximate surface area is 163 Å². The molecule has 1 saturated carbocycles. The molecular formula is C22H21FN4O. The molecule has 1 aliphatic carbocycles. The van der Waals surface area contributed by atoms with Crippen LogP contribution in [0.5, 0.6) is 0 Å². The second kappa shape index (κ2) is 7.73. The minimum absolute atomic E-state index is 0.165. The van der Waals surface area contributed by atoms with Crippen LogP contribution in [-0.2, 0) is 0 Å². The summed E-state index contributed by atoms with van der Waals surface area (Å²) in [7, 11) is 0. The first-order valence-electron chi connectivity index (χ1n) is 9.41. The first-order valence-corrected chi connectivity index (χ1v) is 9.41. The number of anilines is 3. The van der Waals surface area contributed by atoms with E-state index >= 15 is 0 Å². The largest absolute Gasteiger partial charge is 0.380 e. The molecule has 2 N–H and O–H groups in total. The van der Waals surface area contributed by atoms with Crippen molar-refractivity contribution in [3.05, 3.63) is 59.9 Å². The third kappa shape index (κ3) is 4.15. The predicted molar refractivity (Wildman–Crippen MR) is 107 cm³/mol. The molecular weight excluding hydrogens is 355 g/mol. The van der Waals surface area contributed by atoms with Gasteiger partial charge in [-0.1, -0.05) is 48.3 Å². The number of halogens is 1. The van der Waals surface area contributed by atoms with Crippen molar-refractivity contribution in [1.29, 1.82) is 5.26 Å². The number of nitriles is 1. The molecule has 2 aromatic carbocycles. The van der Waals surface area contributed by atoms with Gasteiger partial charge in [0.2, 0.25) is 5.88 Å². The Hall–Kier alpha value is -3.33. The van der Waals surface area contributed by atoms with Crippen molar-refractivity contribution in [3.8, 4) is 17.3 Å². The van der Waals surface area contributed by atoms with Crippen molar-refractivity contribution in [1.82, 2.24) is 5.16 Å². The molecule has 1 fully saturated rings. The van der Waals surface area contributed by atoms with E-state index in [-0.39, 0.29) is 11.6 Å². The maximum absolute atomic E-state index is 14.4. The van der Waals surface area contributed by atoms with Gasteiger partial charge in [0.05, 0.1) is 16.9 Å². The van der Waals surface area contributed by atoms with E-state index in [2.05, 4.69) is 15.8 Å². The molecule has 1 atom stereocenters. The molecule has 142 valence electrons. The van der Waals surface area contributed by atoms with Gasteiger partial charge in [-0.15, -0.1) is 0 Å². The Morgan fingerprint density at radius 3 is 2.71 bits per heavy atom. The summed E-state index contributed by atoms with van der Waals surface area (Å²) in [5.41, 5.74) is 2.66. The summed E-state index contributed by atoms with van der Waals surface area (Å²) < 4.78 is 19.8. The highest BCUT2D eigenvalue weighted by molar-refractivity contribution is 5.71. The highest BCUT2D eigenvalue weighted by Crippen LogP contribution is 2.35. The first-order chi connectivity index (χ1) is 13.6. The monoisotopic (exact) mass is 376 g/mol. The van der Waals surface area contributed by atoms with E-state index in [9.17, 15) is 9.65 Å². The molecule has 4 rings (SSSR count). The van der Waals surface area contributed by atoms with Crippen LogP contribution in [0.15, 0.2) is 53.1 Å². The number of hydrogen-bond donors (Lipinski definition) is 2. The lowest BCUT2D eigenvalue weighted by atomic mass is 10.1. The van der Waals surface area contributed by atoms with Gasteiger partial charge >= 0.3 is 0 Å². The normalized spacial score (nSPS) is 14.3. The first kappa shape index (κ1) is 18.1. The third-order valence-corrected chi connectivity index (χ3v) is 4.85. The molecule has 0 unspecified atom stereocenters. The average Bonchev–Trinajstić information content (AvgIpc) is 3.39. The average molecular weight is 376 g/mol. The van der Waals surface area contributed by atoms with Gasteiger partial charge in [0.15, 0.2) is 0 Å². The van der Waals surface area contributed by atoms with E-state index in [1.54, 1.807) is 12.1 Å². The number of rotatable bonds is 7. The Kier molecular flexibility index (Phi) is 4.98. The lowest BCUT2D eigenvalue weighted by molar-refractivity contribution is 0.438. The van der Waals surface area contributed by atoms with Gasteiger partial charge in [-0.3, -0.25) is 0 Å². The van der Waals surface area contributed by atoms with E-state index < -0.39 is 5.82 Å². The summed E-state index contributed by atoms with van der Waals surface area (Å²) in [6.07, 6.45) is 3.53. The number of nitrogens with one attached hydrogen (secondary N) is 2. The Morgan fingerprint density at radius 2 is 2.00 bits per heavy atom. The van der Waals surface area contributed by atoms with E-state index in [1.807, 2.05) is 43.3 Å². The quantitative estimate of drug-likeness (QED) is 0.553. The van der Waals surface area contributed by atoms with Crippen LogP contribution in [0.25, 0.3) is 11.3 Å². The molecule has 5 nitrogen and oxygen atoms in total. The zero-order valence-electron chi connectivity index (χ0n) is 15.6. The minimum Gasteiger partial charge on any atom is -0.380 e. The maximum Gasteiger partial charge on any atom is 0.229 e. The van der Waals surface area contributed by atoms with Crippen LogP contribution in [-0.4, -0.2) is 11.2 Å². The summed E-state index contributed by atoms with van der Waals surface area (Å²) in [6.45, 7) is 2.05. The molecule has 3 aromatic rings. The summed E-state index contributed by atoms with van der Waals surface area (Å²) in [5.74, 6) is 0.693. The minimum atomic E-state index is -0.438. The number of benzene rings is 2. The standard InChI is InChI=1S/C22H21FN4O/c1-14(9-15-7-8-15)25-21-11-19(17(13-24)10-18(21)23)26-22-12-20(27-28-22)16-5-3-2-4-6-16/h2-6,10-12,14-15,25-26H,7-9H2,1H3/t14-/m1/s1. The van der Waals surface area contributed by atoms with Crippen LogP contribution in [0.2, 0.25) is 0 Å².